The van der Waals surface area contributed by atoms with E-state index in [1.165, 1.54) is 12.0 Å². The molecule has 1 nitrogen and oxygen atoms in total. The number of halogens is 1. The number of nitrogens with one attached hydrogen (secondary N) is 1. The molecule has 2 heteroatoms. The van der Waals surface area contributed by atoms with E-state index < -0.39 is 0 Å². The normalized spacial score (nSPS) is 12.8. The first-order chi connectivity index (χ1) is 6.72. The maximum atomic E-state index is 5.82. The Labute approximate surface area is 91.5 Å². The van der Waals surface area contributed by atoms with Gasteiger partial charge in [0.2, 0.25) is 0 Å². The third-order valence-corrected chi connectivity index (χ3v) is 2.64. The van der Waals surface area contributed by atoms with Gasteiger partial charge < -0.3 is 5.32 Å². The van der Waals surface area contributed by atoms with Gasteiger partial charge >= 0.3 is 0 Å². The molecule has 1 unspecified atom stereocenters. The van der Waals surface area contributed by atoms with E-state index in [0.717, 1.165) is 23.9 Å². The fourth-order valence-corrected chi connectivity index (χ4v) is 1.64. The summed E-state index contributed by atoms with van der Waals surface area (Å²) in [6.07, 6.45) is 2.36. The molecule has 0 aliphatic rings. The first-order valence-electron chi connectivity index (χ1n) is 5.11. The van der Waals surface area contributed by atoms with Gasteiger partial charge in [-0.25, -0.2) is 0 Å². The van der Waals surface area contributed by atoms with Gasteiger partial charge in [-0.3, -0.25) is 0 Å². The SMILES string of the molecule is CNCCC(C)Cc1ccc(Cl)cc1. The molecule has 1 rings (SSSR count). The quantitative estimate of drug-likeness (QED) is 0.789. The monoisotopic (exact) mass is 211 g/mol. The average molecular weight is 212 g/mol. The van der Waals surface area contributed by atoms with E-state index in [4.69, 9.17) is 11.6 Å². The average Bonchev–Trinajstić information content (AvgIpc) is 2.18. The molecule has 0 saturated carbocycles. The van der Waals surface area contributed by atoms with Gasteiger partial charge in [0, 0.05) is 5.02 Å². The predicted octanol–water partition coefficient (Wildman–Crippen LogP) is 3.13. The third kappa shape index (κ3) is 4.12. The Morgan fingerprint density at radius 2 is 1.93 bits per heavy atom. The van der Waals surface area contributed by atoms with Crippen LogP contribution in [0.5, 0.6) is 0 Å². The molecule has 78 valence electrons. The largest absolute Gasteiger partial charge is 0.320 e. The molecule has 0 aliphatic carbocycles. The number of hydrogen-bond acceptors (Lipinski definition) is 1. The molecule has 0 heterocycles. The van der Waals surface area contributed by atoms with Crippen LogP contribution in [0.25, 0.3) is 0 Å². The number of benzene rings is 1. The van der Waals surface area contributed by atoms with Crippen molar-refractivity contribution in [3.05, 3.63) is 34.9 Å². The molecule has 0 aromatic heterocycles. The summed E-state index contributed by atoms with van der Waals surface area (Å²) in [7, 11) is 2.00. The number of hydrogen-bond donors (Lipinski definition) is 1. The number of rotatable bonds is 5. The van der Waals surface area contributed by atoms with Gasteiger partial charge in [0.15, 0.2) is 0 Å². The molecule has 0 amide bonds. The molecule has 0 saturated heterocycles. The van der Waals surface area contributed by atoms with Crippen molar-refractivity contribution in [2.75, 3.05) is 13.6 Å². The lowest BCUT2D eigenvalue weighted by atomic mass is 9.98. The summed E-state index contributed by atoms with van der Waals surface area (Å²) < 4.78 is 0. The van der Waals surface area contributed by atoms with Crippen LogP contribution >= 0.6 is 11.6 Å². The maximum absolute atomic E-state index is 5.82. The van der Waals surface area contributed by atoms with Gasteiger partial charge in [0.05, 0.1) is 0 Å². The van der Waals surface area contributed by atoms with Crippen LogP contribution in [-0.4, -0.2) is 13.6 Å². The van der Waals surface area contributed by atoms with E-state index in [-0.39, 0.29) is 0 Å². The molecule has 0 spiro atoms. The van der Waals surface area contributed by atoms with Crippen molar-refractivity contribution >= 4 is 11.6 Å². The maximum Gasteiger partial charge on any atom is 0.0406 e. The summed E-state index contributed by atoms with van der Waals surface area (Å²) in [5.41, 5.74) is 1.37. The Balaban J connectivity index is 2.39. The molecule has 1 aromatic carbocycles. The zero-order valence-electron chi connectivity index (χ0n) is 8.89. The summed E-state index contributed by atoms with van der Waals surface area (Å²) in [6, 6.07) is 8.14. The van der Waals surface area contributed by atoms with Crippen LogP contribution in [0.3, 0.4) is 0 Å². The Kier molecular flexibility index (Phi) is 4.99. The van der Waals surface area contributed by atoms with Crippen LogP contribution in [0.15, 0.2) is 24.3 Å². The zero-order valence-corrected chi connectivity index (χ0v) is 9.64. The summed E-state index contributed by atoms with van der Waals surface area (Å²) in [6.45, 7) is 3.38. The van der Waals surface area contributed by atoms with Gasteiger partial charge in [0.25, 0.3) is 0 Å². The van der Waals surface area contributed by atoms with Crippen molar-refractivity contribution < 1.29 is 0 Å². The minimum Gasteiger partial charge on any atom is -0.320 e. The highest BCUT2D eigenvalue weighted by Gasteiger charge is 2.02. The molecule has 0 radical (unpaired) electrons. The standard InChI is InChI=1S/C12H18ClN/c1-10(7-8-14-2)9-11-3-5-12(13)6-4-11/h3-6,10,14H,7-9H2,1-2H3. The topological polar surface area (TPSA) is 12.0 Å². The third-order valence-electron chi connectivity index (χ3n) is 2.38. The van der Waals surface area contributed by atoms with E-state index in [1.807, 2.05) is 19.2 Å². The second-order valence-electron chi connectivity index (χ2n) is 3.83. The van der Waals surface area contributed by atoms with Crippen molar-refractivity contribution in [3.63, 3.8) is 0 Å². The summed E-state index contributed by atoms with van der Waals surface area (Å²) in [5, 5.41) is 3.99. The Morgan fingerprint density at radius 1 is 1.29 bits per heavy atom. The fourth-order valence-electron chi connectivity index (χ4n) is 1.52. The van der Waals surface area contributed by atoms with Crippen LogP contribution in [0, 0.1) is 5.92 Å². The Morgan fingerprint density at radius 3 is 2.50 bits per heavy atom. The van der Waals surface area contributed by atoms with Crippen LogP contribution in [0.2, 0.25) is 5.02 Å². The lowest BCUT2D eigenvalue weighted by Gasteiger charge is -2.10. The minimum atomic E-state index is 0.726. The first-order valence-corrected chi connectivity index (χ1v) is 5.49. The molecular weight excluding hydrogens is 194 g/mol. The lowest BCUT2D eigenvalue weighted by molar-refractivity contribution is 0.515. The van der Waals surface area contributed by atoms with E-state index in [1.54, 1.807) is 0 Å². The zero-order chi connectivity index (χ0) is 10.4. The van der Waals surface area contributed by atoms with Gasteiger partial charge in [-0.2, -0.15) is 0 Å². The van der Waals surface area contributed by atoms with E-state index in [0.29, 0.717) is 0 Å². The van der Waals surface area contributed by atoms with E-state index in [9.17, 15) is 0 Å². The smallest absolute Gasteiger partial charge is 0.0406 e. The van der Waals surface area contributed by atoms with Gasteiger partial charge in [0.1, 0.15) is 0 Å². The van der Waals surface area contributed by atoms with Gasteiger partial charge in [-0.1, -0.05) is 30.7 Å². The molecule has 14 heavy (non-hydrogen) atoms. The molecule has 0 bridgehead atoms. The highest BCUT2D eigenvalue weighted by atomic mass is 35.5. The Bertz CT molecular complexity index is 256. The highest BCUT2D eigenvalue weighted by molar-refractivity contribution is 6.30. The molecule has 1 N–H and O–H groups in total. The summed E-state index contributed by atoms with van der Waals surface area (Å²) in [4.78, 5) is 0. The highest BCUT2D eigenvalue weighted by Crippen LogP contribution is 2.14. The summed E-state index contributed by atoms with van der Waals surface area (Å²) >= 11 is 5.82. The second-order valence-corrected chi connectivity index (χ2v) is 4.26. The molecule has 0 fully saturated rings. The fraction of sp³-hybridized carbons (Fsp3) is 0.500. The van der Waals surface area contributed by atoms with Crippen molar-refractivity contribution in [1.82, 2.24) is 5.32 Å². The molecule has 0 aliphatic heterocycles. The molecular formula is C12H18ClN. The van der Waals surface area contributed by atoms with Crippen molar-refractivity contribution in [2.45, 2.75) is 19.8 Å². The van der Waals surface area contributed by atoms with Crippen molar-refractivity contribution in [1.29, 1.82) is 0 Å². The van der Waals surface area contributed by atoms with Crippen LogP contribution in [0.4, 0.5) is 0 Å². The van der Waals surface area contributed by atoms with Gasteiger partial charge in [-0.05, 0) is 50.0 Å². The molecule has 1 aromatic rings. The first kappa shape index (κ1) is 11.5. The van der Waals surface area contributed by atoms with Crippen LogP contribution < -0.4 is 5.32 Å². The predicted molar refractivity (Wildman–Crippen MR) is 62.9 cm³/mol. The van der Waals surface area contributed by atoms with Crippen molar-refractivity contribution in [2.24, 2.45) is 5.92 Å². The van der Waals surface area contributed by atoms with E-state index in [2.05, 4.69) is 24.4 Å². The van der Waals surface area contributed by atoms with Crippen LogP contribution in [-0.2, 0) is 6.42 Å². The van der Waals surface area contributed by atoms with Crippen molar-refractivity contribution in [3.8, 4) is 0 Å². The Hall–Kier alpha value is -0.530. The van der Waals surface area contributed by atoms with Crippen LogP contribution in [0.1, 0.15) is 18.9 Å². The molecule has 1 atom stereocenters. The second kappa shape index (κ2) is 6.05. The minimum absolute atomic E-state index is 0.726. The lowest BCUT2D eigenvalue weighted by Crippen LogP contribution is -2.12. The van der Waals surface area contributed by atoms with Gasteiger partial charge in [-0.15, -0.1) is 0 Å². The summed E-state index contributed by atoms with van der Waals surface area (Å²) in [5.74, 6) is 0.726. The van der Waals surface area contributed by atoms with E-state index >= 15 is 0 Å².